The van der Waals surface area contributed by atoms with Gasteiger partial charge in [-0.1, -0.05) is 0 Å². The zero-order valence-corrected chi connectivity index (χ0v) is 8.35. The van der Waals surface area contributed by atoms with Gasteiger partial charge in [-0.15, -0.1) is 0 Å². The molecule has 1 aliphatic heterocycles. The summed E-state index contributed by atoms with van der Waals surface area (Å²) in [6.07, 6.45) is -3.11. The van der Waals surface area contributed by atoms with Gasteiger partial charge in [0, 0.05) is 22.7 Å². The van der Waals surface area contributed by atoms with Gasteiger partial charge in [0.15, 0.2) is 5.82 Å². The first-order valence-electron chi connectivity index (χ1n) is 3.76. The maximum atomic E-state index is 12.3. The average Bonchev–Trinajstić information content (AvgIpc) is 2.45. The van der Waals surface area contributed by atoms with E-state index in [0.29, 0.717) is 10.0 Å². The molecule has 0 N–H and O–H groups in total. The molecule has 74 valence electrons. The molecular weight excluding hydrogens is 261 g/mol. The van der Waals surface area contributed by atoms with Gasteiger partial charge < -0.3 is 0 Å². The molecule has 0 amide bonds. The van der Waals surface area contributed by atoms with Crippen molar-refractivity contribution in [2.75, 3.05) is 0 Å². The lowest BCUT2D eigenvalue weighted by molar-refractivity contribution is -0.0597. The maximum Gasteiger partial charge on any atom is 0.429 e. The summed E-state index contributed by atoms with van der Waals surface area (Å²) >= 11 is 3.14. The molecule has 6 heteroatoms. The second-order valence-corrected chi connectivity index (χ2v) is 3.78. The fourth-order valence-electron chi connectivity index (χ4n) is 1.22. The number of nitrogens with zero attached hydrogens (tertiary/aromatic N) is 2. The van der Waals surface area contributed by atoms with Crippen LogP contribution in [0.2, 0.25) is 0 Å². The van der Waals surface area contributed by atoms with Crippen LogP contribution in [0, 0.1) is 0 Å². The van der Waals surface area contributed by atoms with Crippen LogP contribution in [0.3, 0.4) is 0 Å². The Morgan fingerprint density at radius 1 is 1.36 bits per heavy atom. The molecule has 0 spiro atoms. The first-order chi connectivity index (χ1) is 6.47. The SMILES string of the molecule is FC(F)(F)C1=Nc2ncc(Br)cc2C1. The van der Waals surface area contributed by atoms with Gasteiger partial charge >= 0.3 is 6.18 Å². The van der Waals surface area contributed by atoms with E-state index in [-0.39, 0.29) is 12.2 Å². The molecule has 1 aromatic rings. The molecule has 1 aliphatic rings. The molecule has 2 rings (SSSR count). The van der Waals surface area contributed by atoms with Crippen molar-refractivity contribution in [1.29, 1.82) is 0 Å². The predicted octanol–water partition coefficient (Wildman–Crippen LogP) is 3.04. The van der Waals surface area contributed by atoms with E-state index < -0.39 is 11.9 Å². The lowest BCUT2D eigenvalue weighted by Crippen LogP contribution is -2.22. The van der Waals surface area contributed by atoms with Crippen molar-refractivity contribution in [3.63, 3.8) is 0 Å². The highest BCUT2D eigenvalue weighted by Gasteiger charge is 2.38. The van der Waals surface area contributed by atoms with Crippen molar-refractivity contribution in [3.8, 4) is 0 Å². The number of fused-ring (bicyclic) bond motifs is 1. The van der Waals surface area contributed by atoms with Gasteiger partial charge in [0.2, 0.25) is 0 Å². The van der Waals surface area contributed by atoms with E-state index in [1.165, 1.54) is 6.20 Å². The number of alkyl halides is 3. The number of hydrogen-bond donors (Lipinski definition) is 0. The number of aromatic nitrogens is 1. The molecular formula is C8H4BrF3N2. The Hall–Kier alpha value is -0.910. The number of halogens is 4. The van der Waals surface area contributed by atoms with Crippen LogP contribution >= 0.6 is 15.9 Å². The van der Waals surface area contributed by atoms with Crippen LogP contribution in [0.25, 0.3) is 0 Å². The molecule has 0 aromatic carbocycles. The third-order valence-corrected chi connectivity index (χ3v) is 2.27. The Kier molecular flexibility index (Phi) is 2.10. The zero-order chi connectivity index (χ0) is 10.3. The zero-order valence-electron chi connectivity index (χ0n) is 6.77. The molecule has 1 aromatic heterocycles. The van der Waals surface area contributed by atoms with Crippen LogP contribution in [0.5, 0.6) is 0 Å². The first-order valence-corrected chi connectivity index (χ1v) is 4.55. The highest BCUT2D eigenvalue weighted by molar-refractivity contribution is 9.10. The van der Waals surface area contributed by atoms with E-state index in [9.17, 15) is 13.2 Å². The first kappa shape index (κ1) is 9.64. The van der Waals surface area contributed by atoms with E-state index in [4.69, 9.17) is 0 Å². The normalized spacial score (nSPS) is 15.3. The lowest BCUT2D eigenvalue weighted by atomic mass is 10.1. The van der Waals surface area contributed by atoms with E-state index in [1.54, 1.807) is 6.07 Å². The molecule has 2 heterocycles. The fraction of sp³-hybridized carbons (Fsp3) is 0.250. The summed E-state index contributed by atoms with van der Waals surface area (Å²) in [6.45, 7) is 0. The fourth-order valence-corrected chi connectivity index (χ4v) is 1.59. The summed E-state index contributed by atoms with van der Waals surface area (Å²) < 4.78 is 37.4. The summed E-state index contributed by atoms with van der Waals surface area (Å²) in [5, 5.41) is 0. The molecule has 14 heavy (non-hydrogen) atoms. The lowest BCUT2D eigenvalue weighted by Gasteiger charge is -2.03. The summed E-state index contributed by atoms with van der Waals surface area (Å²) in [4.78, 5) is 7.21. The quantitative estimate of drug-likeness (QED) is 0.707. The molecule has 2 nitrogen and oxygen atoms in total. The van der Waals surface area contributed by atoms with E-state index in [0.717, 1.165) is 0 Å². The number of aliphatic imine (C=N–C) groups is 1. The largest absolute Gasteiger partial charge is 0.429 e. The van der Waals surface area contributed by atoms with E-state index in [2.05, 4.69) is 25.9 Å². The standard InChI is InChI=1S/C8H4BrF3N2/c9-5-1-4-2-6(8(10,11)12)14-7(4)13-3-5/h1,3H,2H2. The molecule has 0 saturated carbocycles. The second-order valence-electron chi connectivity index (χ2n) is 2.87. The third-order valence-electron chi connectivity index (χ3n) is 1.84. The number of hydrogen-bond acceptors (Lipinski definition) is 2. The second kappa shape index (κ2) is 3.05. The Morgan fingerprint density at radius 2 is 2.07 bits per heavy atom. The smallest absolute Gasteiger partial charge is 0.236 e. The van der Waals surface area contributed by atoms with Crippen molar-refractivity contribution in [2.45, 2.75) is 12.6 Å². The van der Waals surface area contributed by atoms with Crippen LogP contribution in [0.15, 0.2) is 21.7 Å². The molecule has 0 unspecified atom stereocenters. The molecule has 0 saturated heterocycles. The summed E-state index contributed by atoms with van der Waals surface area (Å²) in [5.74, 6) is 0.167. The minimum Gasteiger partial charge on any atom is -0.236 e. The highest BCUT2D eigenvalue weighted by Crippen LogP contribution is 2.32. The number of rotatable bonds is 0. The molecule has 0 atom stereocenters. The van der Waals surface area contributed by atoms with Gasteiger partial charge in [0.1, 0.15) is 5.71 Å². The third kappa shape index (κ3) is 1.66. The Bertz CT molecular complexity index is 412. The summed E-state index contributed by atoms with van der Waals surface area (Å²) in [7, 11) is 0. The van der Waals surface area contributed by atoms with Crippen LogP contribution in [-0.2, 0) is 6.42 Å². The van der Waals surface area contributed by atoms with Gasteiger partial charge in [-0.25, -0.2) is 9.98 Å². The van der Waals surface area contributed by atoms with Gasteiger partial charge in [-0.05, 0) is 22.0 Å². The molecule has 0 radical (unpaired) electrons. The monoisotopic (exact) mass is 264 g/mol. The van der Waals surface area contributed by atoms with Gasteiger partial charge in [-0.2, -0.15) is 13.2 Å². The van der Waals surface area contributed by atoms with Crippen LogP contribution in [0.4, 0.5) is 19.0 Å². The van der Waals surface area contributed by atoms with Crippen molar-refractivity contribution >= 4 is 27.5 Å². The summed E-state index contributed by atoms with van der Waals surface area (Å²) in [6, 6.07) is 1.60. The highest BCUT2D eigenvalue weighted by atomic mass is 79.9. The minimum atomic E-state index is -4.35. The van der Waals surface area contributed by atoms with Crippen molar-refractivity contribution in [1.82, 2.24) is 4.98 Å². The van der Waals surface area contributed by atoms with Crippen molar-refractivity contribution in [2.24, 2.45) is 4.99 Å². The van der Waals surface area contributed by atoms with E-state index >= 15 is 0 Å². The van der Waals surface area contributed by atoms with Gasteiger partial charge in [0.05, 0.1) is 0 Å². The minimum absolute atomic E-state index is 0.167. The average molecular weight is 265 g/mol. The molecule has 0 bridgehead atoms. The topological polar surface area (TPSA) is 25.2 Å². The van der Waals surface area contributed by atoms with Crippen molar-refractivity contribution < 1.29 is 13.2 Å². The van der Waals surface area contributed by atoms with Crippen molar-refractivity contribution in [3.05, 3.63) is 22.3 Å². The van der Waals surface area contributed by atoms with Crippen LogP contribution in [-0.4, -0.2) is 16.9 Å². The van der Waals surface area contributed by atoms with E-state index in [1.807, 2.05) is 0 Å². The van der Waals surface area contributed by atoms with Gasteiger partial charge in [-0.3, -0.25) is 0 Å². The maximum absolute atomic E-state index is 12.3. The predicted molar refractivity (Wildman–Crippen MR) is 48.8 cm³/mol. The number of pyridine rings is 1. The molecule has 0 fully saturated rings. The van der Waals surface area contributed by atoms with Gasteiger partial charge in [0.25, 0.3) is 0 Å². The Labute approximate surface area is 86.0 Å². The Balaban J connectivity index is 2.37. The Morgan fingerprint density at radius 3 is 2.71 bits per heavy atom. The summed E-state index contributed by atoms with van der Waals surface area (Å²) in [5.41, 5.74) is -0.273. The molecule has 0 aliphatic carbocycles. The van der Waals surface area contributed by atoms with Crippen LogP contribution in [0.1, 0.15) is 5.56 Å². The van der Waals surface area contributed by atoms with Crippen LogP contribution < -0.4 is 0 Å².